The van der Waals surface area contributed by atoms with Gasteiger partial charge in [0.2, 0.25) is 10.7 Å². The zero-order valence-corrected chi connectivity index (χ0v) is 7.03. The third-order valence-electron chi connectivity index (χ3n) is 1.89. The first kappa shape index (κ1) is 7.86. The normalized spacial score (nSPS) is 13.1. The quantitative estimate of drug-likeness (QED) is 0.584. The zero-order chi connectivity index (χ0) is 9.26. The number of urea groups is 1. The largest absolute Gasteiger partial charge is 0.583 e. The molecule has 0 aromatic heterocycles. The van der Waals surface area contributed by atoms with Crippen LogP contribution in [0.25, 0.3) is 0 Å². The minimum Gasteiger partial charge on any atom is -0.190 e. The minimum absolute atomic E-state index is 0.411. The van der Waals surface area contributed by atoms with Crippen LogP contribution >= 0.6 is 0 Å². The first-order valence-corrected chi connectivity index (χ1v) is 4.01. The van der Waals surface area contributed by atoms with Gasteiger partial charge in [-0.2, -0.15) is 4.79 Å². The van der Waals surface area contributed by atoms with Crippen LogP contribution in [0.4, 0.5) is 4.79 Å². The second kappa shape index (κ2) is 2.94. The average Bonchev–Trinajstić information content (AvgIpc) is 2.47. The van der Waals surface area contributed by atoms with E-state index in [-0.39, 0.29) is 0 Å². The number of benzene rings is 1. The summed E-state index contributed by atoms with van der Waals surface area (Å²) in [4.78, 5) is 18.5. The number of carbonyl (C=O) groups is 1. The number of para-hydroxylation sites is 1. The van der Waals surface area contributed by atoms with Gasteiger partial charge < -0.3 is 0 Å². The predicted octanol–water partition coefficient (Wildman–Crippen LogP) is 0.124. The van der Waals surface area contributed by atoms with Gasteiger partial charge in [-0.15, -0.1) is 6.58 Å². The summed E-state index contributed by atoms with van der Waals surface area (Å²) < 4.78 is 0. The Hall–Kier alpha value is -1.77. The number of fused-ring (bicyclic) bond motifs is 1. The van der Waals surface area contributed by atoms with Gasteiger partial charge in [0, 0.05) is 15.5 Å². The molecule has 2 amide bonds. The van der Waals surface area contributed by atoms with Crippen LogP contribution in [0.15, 0.2) is 35.8 Å². The highest BCUT2D eigenvalue weighted by molar-refractivity contribution is 5.75. The first-order valence-electron chi connectivity index (χ1n) is 4.01. The highest BCUT2D eigenvalue weighted by Gasteiger charge is 2.20. The van der Waals surface area contributed by atoms with Crippen molar-refractivity contribution in [3.8, 4) is 0 Å². The summed E-state index contributed by atoms with van der Waals surface area (Å²) in [7, 11) is 0. The average molecular weight is 172 g/mol. The monoisotopic (exact) mass is 172 g/mol. The topological polar surface area (TPSA) is 43.5 Å². The van der Waals surface area contributed by atoms with Crippen molar-refractivity contribution in [2.24, 2.45) is 4.99 Å². The van der Waals surface area contributed by atoms with Crippen LogP contribution in [-0.4, -0.2) is 6.03 Å². The molecule has 13 heavy (non-hydrogen) atoms. The predicted molar refractivity (Wildman–Crippen MR) is 47.8 cm³/mol. The van der Waals surface area contributed by atoms with Gasteiger partial charge in [0.1, 0.15) is 0 Å². The third-order valence-corrected chi connectivity index (χ3v) is 1.89. The summed E-state index contributed by atoms with van der Waals surface area (Å²) in [5.74, 6) is 0. The fourth-order valence-electron chi connectivity index (χ4n) is 1.34. The Labute approximate surface area is 75.1 Å². The van der Waals surface area contributed by atoms with Gasteiger partial charge in [-0.1, -0.05) is 18.2 Å². The van der Waals surface area contributed by atoms with Crippen LogP contribution in [0.1, 0.15) is 5.56 Å². The van der Waals surface area contributed by atoms with Crippen molar-refractivity contribution >= 4 is 6.03 Å². The van der Waals surface area contributed by atoms with E-state index in [0.29, 0.717) is 10.7 Å². The first-order chi connectivity index (χ1) is 6.31. The van der Waals surface area contributed by atoms with Gasteiger partial charge in [0.05, 0.1) is 0 Å². The van der Waals surface area contributed by atoms with Crippen LogP contribution in [0, 0.1) is 0 Å². The molecule has 1 aromatic carbocycles. The van der Waals surface area contributed by atoms with Gasteiger partial charge in [-0.05, 0) is 12.5 Å². The van der Waals surface area contributed by atoms with Crippen LogP contribution in [0.3, 0.4) is 0 Å². The molecule has 0 spiro atoms. The Balaban J connectivity index is 2.72. The number of allylic oxidation sites excluding steroid dienone is 1. The number of hydrogen-bond donors (Lipinski definition) is 0. The van der Waals surface area contributed by atoms with E-state index in [0.717, 1.165) is 12.0 Å². The lowest BCUT2D eigenvalue weighted by Crippen LogP contribution is -2.29. The molecule has 1 heterocycles. The Morgan fingerprint density at radius 3 is 3.15 bits per heavy atom. The van der Waals surface area contributed by atoms with Gasteiger partial charge in [0.25, 0.3) is 0 Å². The summed E-state index contributed by atoms with van der Waals surface area (Å²) >= 11 is 0. The van der Waals surface area contributed by atoms with E-state index >= 15 is 0 Å². The molecular weight excluding hydrogens is 164 g/mol. The fourth-order valence-corrected chi connectivity index (χ4v) is 1.34. The molecule has 0 saturated heterocycles. The van der Waals surface area contributed by atoms with Crippen molar-refractivity contribution in [1.29, 1.82) is 0 Å². The molecule has 0 unspecified atom stereocenters. The fraction of sp³-hybridized carbons (Fsp3) is 0.100. The Morgan fingerprint density at radius 2 is 2.38 bits per heavy atom. The summed E-state index contributed by atoms with van der Waals surface area (Å²) in [5.41, 5.74) is 1.00. The molecule has 3 heteroatoms. The lowest BCUT2D eigenvalue weighted by molar-refractivity contribution is 0.254. The van der Waals surface area contributed by atoms with Crippen LogP contribution in [-0.2, 0) is 6.42 Å². The minimum atomic E-state index is -0.411. The van der Waals surface area contributed by atoms with Crippen molar-refractivity contribution in [3.63, 3.8) is 0 Å². The smallest absolute Gasteiger partial charge is 0.190 e. The maximum absolute atomic E-state index is 10.9. The molecule has 2 rings (SSSR count). The molecule has 0 saturated carbocycles. The Bertz CT molecular complexity index is 488. The van der Waals surface area contributed by atoms with E-state index in [2.05, 4.69) is 16.6 Å². The summed E-state index contributed by atoms with van der Waals surface area (Å²) in [6.07, 6.45) is 2.50. The van der Waals surface area contributed by atoms with Crippen molar-refractivity contribution in [3.05, 3.63) is 47.1 Å². The second-order valence-electron chi connectivity index (χ2n) is 2.78. The second-order valence-corrected chi connectivity index (χ2v) is 2.78. The molecule has 1 aliphatic heterocycles. The van der Waals surface area contributed by atoms with Crippen molar-refractivity contribution < 1.29 is 4.79 Å². The third kappa shape index (κ3) is 1.28. The van der Waals surface area contributed by atoms with Crippen molar-refractivity contribution in [2.45, 2.75) is 6.42 Å². The maximum atomic E-state index is 10.9. The molecule has 1 radical (unpaired) electrons. The van der Waals surface area contributed by atoms with Crippen molar-refractivity contribution in [1.82, 2.24) is 4.99 Å². The number of rotatable bonds is 2. The van der Waals surface area contributed by atoms with E-state index in [4.69, 9.17) is 0 Å². The molecular formula is C10H8N2O+. The highest BCUT2D eigenvalue weighted by Crippen LogP contribution is 1.91. The summed E-state index contributed by atoms with van der Waals surface area (Å²) in [6, 6.07) is 5.18. The molecule has 0 aliphatic carbocycles. The number of hydrogen-bond acceptors (Lipinski definition) is 1. The maximum Gasteiger partial charge on any atom is 0.583 e. The SMILES string of the molecule is C=CCc1cccc2c1=[N+]C(=O)N=2. The number of amides is 2. The van der Waals surface area contributed by atoms with Crippen LogP contribution in [0.2, 0.25) is 0 Å². The molecule has 1 aliphatic rings. The Kier molecular flexibility index (Phi) is 1.77. The van der Waals surface area contributed by atoms with Gasteiger partial charge in [-0.25, -0.2) is 0 Å². The van der Waals surface area contributed by atoms with Crippen LogP contribution < -0.4 is 15.7 Å². The highest BCUT2D eigenvalue weighted by atomic mass is 16.2. The van der Waals surface area contributed by atoms with Gasteiger partial charge in [-0.3, -0.25) is 0 Å². The van der Waals surface area contributed by atoms with E-state index in [1.807, 2.05) is 12.1 Å². The standard InChI is InChI=1S/C10H8N2O/c1-2-4-7-5-3-6-8-9(7)12-10(13)11-8/h2-3,5-6H,1,4H2/q+1. The zero-order valence-electron chi connectivity index (χ0n) is 7.03. The molecule has 0 bridgehead atoms. The van der Waals surface area contributed by atoms with Gasteiger partial charge in [0.15, 0.2) is 0 Å². The molecule has 63 valence electrons. The number of nitrogens with zero attached hydrogens (tertiary/aromatic N) is 2. The van der Waals surface area contributed by atoms with E-state index in [1.54, 1.807) is 12.1 Å². The van der Waals surface area contributed by atoms with Gasteiger partial charge >= 0.3 is 6.03 Å². The number of carbonyl (C=O) groups excluding carboxylic acids is 1. The summed E-state index contributed by atoms with van der Waals surface area (Å²) in [5, 5.41) is 1.37. The van der Waals surface area contributed by atoms with E-state index in [9.17, 15) is 4.79 Å². The molecule has 0 N–H and O–H groups in total. The lowest BCUT2D eigenvalue weighted by Gasteiger charge is -1.88. The molecule has 3 nitrogen and oxygen atoms in total. The van der Waals surface area contributed by atoms with Crippen LogP contribution in [0.5, 0.6) is 0 Å². The molecule has 0 fully saturated rings. The van der Waals surface area contributed by atoms with E-state index in [1.165, 1.54) is 0 Å². The summed E-state index contributed by atoms with van der Waals surface area (Å²) in [6.45, 7) is 3.64. The molecule has 0 atom stereocenters. The molecule has 1 aromatic rings. The van der Waals surface area contributed by atoms with E-state index < -0.39 is 6.03 Å². The van der Waals surface area contributed by atoms with Crippen molar-refractivity contribution in [2.75, 3.05) is 0 Å². The lowest BCUT2D eigenvalue weighted by atomic mass is 10.1. The Morgan fingerprint density at radius 1 is 1.54 bits per heavy atom.